The van der Waals surface area contributed by atoms with E-state index in [0.717, 1.165) is 4.90 Å². The van der Waals surface area contributed by atoms with Gasteiger partial charge in [0.2, 0.25) is 0 Å². The van der Waals surface area contributed by atoms with Crippen LogP contribution in [-0.2, 0) is 14.3 Å². The number of carboxylic acids is 1. The van der Waals surface area contributed by atoms with Gasteiger partial charge in [0.1, 0.15) is 0 Å². The van der Waals surface area contributed by atoms with Crippen molar-refractivity contribution in [2.45, 2.75) is 24.7 Å². The van der Waals surface area contributed by atoms with E-state index in [4.69, 9.17) is 15.6 Å². The van der Waals surface area contributed by atoms with Gasteiger partial charge in [0.15, 0.2) is 11.6 Å². The Balaban J connectivity index is 2.82. The Bertz CT molecular complexity index is 356. The molecule has 0 radical (unpaired) electrons. The minimum Gasteiger partial charge on any atom is -0.479 e. The molecule has 1 fully saturated rings. The van der Waals surface area contributed by atoms with Crippen molar-refractivity contribution in [3.05, 3.63) is 0 Å². The van der Waals surface area contributed by atoms with Crippen LogP contribution in [0.5, 0.6) is 0 Å². The van der Waals surface area contributed by atoms with Crippen LogP contribution in [0.1, 0.15) is 6.92 Å². The molecule has 1 heterocycles. The summed E-state index contributed by atoms with van der Waals surface area (Å²) < 4.78 is 42.5. The molecule has 0 aromatic heterocycles. The van der Waals surface area contributed by atoms with Crippen molar-refractivity contribution >= 4 is 11.9 Å². The highest BCUT2D eigenvalue weighted by Gasteiger charge is 2.55. The van der Waals surface area contributed by atoms with Gasteiger partial charge in [0.25, 0.3) is 5.91 Å². The van der Waals surface area contributed by atoms with Gasteiger partial charge in [-0.05, 0) is 6.92 Å². The van der Waals surface area contributed by atoms with E-state index in [1.165, 1.54) is 0 Å². The standard InChI is InChI=1S/C9H13F3N2O4/c1-8(13,9(10,11)12)7(17)14-2-3-18-5(4-14)6(15)16/h5H,2-4,13H2,1H3,(H,15,16). The number of morpholine rings is 1. The Labute approximate surface area is 100 Å². The first-order valence-electron chi connectivity index (χ1n) is 5.06. The second-order valence-electron chi connectivity index (χ2n) is 4.15. The Hall–Kier alpha value is -1.35. The molecular formula is C9H13F3N2O4. The molecule has 1 aliphatic heterocycles. The minimum atomic E-state index is -4.90. The van der Waals surface area contributed by atoms with E-state index in [1.807, 2.05) is 0 Å². The normalized spacial score (nSPS) is 24.5. The highest BCUT2D eigenvalue weighted by Crippen LogP contribution is 2.30. The number of halogens is 3. The summed E-state index contributed by atoms with van der Waals surface area (Å²) in [5, 5.41) is 8.68. The number of hydrogen-bond donors (Lipinski definition) is 2. The molecule has 0 bridgehead atoms. The van der Waals surface area contributed by atoms with Crippen LogP contribution in [0.25, 0.3) is 0 Å². The van der Waals surface area contributed by atoms with Crippen molar-refractivity contribution in [3.63, 3.8) is 0 Å². The van der Waals surface area contributed by atoms with E-state index in [9.17, 15) is 22.8 Å². The van der Waals surface area contributed by atoms with Gasteiger partial charge in [-0.2, -0.15) is 13.2 Å². The zero-order valence-electron chi connectivity index (χ0n) is 9.53. The Morgan fingerprint density at radius 1 is 1.44 bits per heavy atom. The number of alkyl halides is 3. The van der Waals surface area contributed by atoms with Gasteiger partial charge >= 0.3 is 12.1 Å². The number of amides is 1. The maximum Gasteiger partial charge on any atom is 0.415 e. The summed E-state index contributed by atoms with van der Waals surface area (Å²) in [4.78, 5) is 23.1. The van der Waals surface area contributed by atoms with Crippen LogP contribution in [0.3, 0.4) is 0 Å². The fourth-order valence-corrected chi connectivity index (χ4v) is 1.43. The lowest BCUT2D eigenvalue weighted by Gasteiger charge is -2.36. The third-order valence-electron chi connectivity index (χ3n) is 2.66. The molecule has 0 aromatic rings. The Morgan fingerprint density at radius 2 is 2.00 bits per heavy atom. The molecule has 1 rings (SSSR count). The van der Waals surface area contributed by atoms with Gasteiger partial charge in [0, 0.05) is 6.54 Å². The number of aliphatic carboxylic acids is 1. The maximum atomic E-state index is 12.6. The van der Waals surface area contributed by atoms with Crippen LogP contribution in [-0.4, -0.2) is 59.4 Å². The molecule has 18 heavy (non-hydrogen) atoms. The molecule has 2 atom stereocenters. The number of rotatable bonds is 2. The van der Waals surface area contributed by atoms with E-state index in [-0.39, 0.29) is 13.2 Å². The molecule has 0 aliphatic carbocycles. The second kappa shape index (κ2) is 4.73. The predicted octanol–water partition coefficient (Wildman–Crippen LogP) is -0.422. The first-order chi connectivity index (χ1) is 8.07. The predicted molar refractivity (Wildman–Crippen MR) is 52.6 cm³/mol. The van der Waals surface area contributed by atoms with Crippen molar-refractivity contribution in [1.82, 2.24) is 4.90 Å². The van der Waals surface area contributed by atoms with E-state index in [2.05, 4.69) is 0 Å². The highest BCUT2D eigenvalue weighted by molar-refractivity contribution is 5.87. The molecule has 0 spiro atoms. The number of nitrogens with two attached hydrogens (primary N) is 1. The van der Waals surface area contributed by atoms with E-state index >= 15 is 0 Å². The molecule has 6 nitrogen and oxygen atoms in total. The lowest BCUT2D eigenvalue weighted by Crippen LogP contribution is -2.64. The Kier molecular flexibility index (Phi) is 3.86. The molecule has 0 saturated carbocycles. The molecule has 3 N–H and O–H groups in total. The number of nitrogens with zero attached hydrogens (tertiary/aromatic N) is 1. The van der Waals surface area contributed by atoms with Crippen LogP contribution in [0.2, 0.25) is 0 Å². The monoisotopic (exact) mass is 270 g/mol. The summed E-state index contributed by atoms with van der Waals surface area (Å²) in [7, 11) is 0. The zero-order valence-corrected chi connectivity index (χ0v) is 9.53. The van der Waals surface area contributed by atoms with Gasteiger partial charge in [-0.25, -0.2) is 4.79 Å². The lowest BCUT2D eigenvalue weighted by molar-refractivity contribution is -0.197. The van der Waals surface area contributed by atoms with E-state index in [0.29, 0.717) is 6.92 Å². The number of carbonyl (C=O) groups excluding carboxylic acids is 1. The van der Waals surface area contributed by atoms with Crippen LogP contribution in [0, 0.1) is 0 Å². The lowest BCUT2D eigenvalue weighted by atomic mass is 10.0. The molecule has 1 aliphatic rings. The van der Waals surface area contributed by atoms with Crippen LogP contribution in [0.15, 0.2) is 0 Å². The van der Waals surface area contributed by atoms with E-state index < -0.39 is 36.2 Å². The number of carbonyl (C=O) groups is 2. The van der Waals surface area contributed by atoms with Crippen molar-refractivity contribution in [3.8, 4) is 0 Å². The van der Waals surface area contributed by atoms with Crippen molar-refractivity contribution in [1.29, 1.82) is 0 Å². The van der Waals surface area contributed by atoms with Crippen molar-refractivity contribution in [2.75, 3.05) is 19.7 Å². The smallest absolute Gasteiger partial charge is 0.415 e. The van der Waals surface area contributed by atoms with Gasteiger partial charge in [-0.1, -0.05) is 0 Å². The van der Waals surface area contributed by atoms with Crippen LogP contribution in [0.4, 0.5) is 13.2 Å². The summed E-state index contributed by atoms with van der Waals surface area (Å²) >= 11 is 0. The quantitative estimate of drug-likeness (QED) is 0.710. The summed E-state index contributed by atoms with van der Waals surface area (Å²) in [6.07, 6.45) is -6.23. The SMILES string of the molecule is CC(N)(C(=O)N1CCOC(C(=O)O)C1)C(F)(F)F. The first-order valence-corrected chi connectivity index (χ1v) is 5.06. The summed E-state index contributed by atoms with van der Waals surface area (Å²) in [5.74, 6) is -2.69. The molecular weight excluding hydrogens is 257 g/mol. The number of carboxylic acid groups (broad SMARTS) is 1. The van der Waals surface area contributed by atoms with Gasteiger partial charge in [-0.15, -0.1) is 0 Å². The number of ether oxygens (including phenoxy) is 1. The van der Waals surface area contributed by atoms with Gasteiger partial charge in [-0.3, -0.25) is 4.79 Å². The van der Waals surface area contributed by atoms with Gasteiger partial charge in [0.05, 0.1) is 13.2 Å². The fourth-order valence-electron chi connectivity index (χ4n) is 1.43. The third kappa shape index (κ3) is 2.72. The molecule has 0 aromatic carbocycles. The summed E-state index contributed by atoms with van der Waals surface area (Å²) in [6, 6.07) is 0. The first kappa shape index (κ1) is 14.7. The zero-order chi connectivity index (χ0) is 14.1. The average Bonchev–Trinajstić information content (AvgIpc) is 2.26. The maximum absolute atomic E-state index is 12.6. The highest BCUT2D eigenvalue weighted by atomic mass is 19.4. The minimum absolute atomic E-state index is 0.120. The fraction of sp³-hybridized carbons (Fsp3) is 0.778. The molecule has 1 saturated heterocycles. The Morgan fingerprint density at radius 3 is 2.44 bits per heavy atom. The largest absolute Gasteiger partial charge is 0.479 e. The van der Waals surface area contributed by atoms with Gasteiger partial charge < -0.3 is 20.5 Å². The van der Waals surface area contributed by atoms with Crippen LogP contribution < -0.4 is 5.73 Å². The molecule has 1 amide bonds. The van der Waals surface area contributed by atoms with E-state index in [1.54, 1.807) is 0 Å². The second-order valence-corrected chi connectivity index (χ2v) is 4.15. The summed E-state index contributed by atoms with van der Waals surface area (Å²) in [6.45, 7) is -0.153. The summed E-state index contributed by atoms with van der Waals surface area (Å²) in [5.41, 5.74) is 1.95. The van der Waals surface area contributed by atoms with Crippen molar-refractivity contribution < 1.29 is 32.6 Å². The van der Waals surface area contributed by atoms with Crippen LogP contribution >= 0.6 is 0 Å². The average molecular weight is 270 g/mol. The molecule has 104 valence electrons. The molecule has 9 heteroatoms. The topological polar surface area (TPSA) is 92.9 Å². The van der Waals surface area contributed by atoms with Crippen molar-refractivity contribution in [2.24, 2.45) is 5.73 Å². The molecule has 2 unspecified atom stereocenters. The third-order valence-corrected chi connectivity index (χ3v) is 2.66. The number of hydrogen-bond acceptors (Lipinski definition) is 4.